The van der Waals surface area contributed by atoms with Gasteiger partial charge in [-0.25, -0.2) is 8.42 Å². The van der Waals surface area contributed by atoms with Crippen LogP contribution in [0.15, 0.2) is 62.7 Å². The summed E-state index contributed by atoms with van der Waals surface area (Å²) in [5.41, 5.74) is 4.48. The van der Waals surface area contributed by atoms with Crippen LogP contribution in [0.1, 0.15) is 28.1 Å². The van der Waals surface area contributed by atoms with Gasteiger partial charge in [-0.05, 0) is 63.4 Å². The van der Waals surface area contributed by atoms with E-state index in [-0.39, 0.29) is 10.5 Å². The summed E-state index contributed by atoms with van der Waals surface area (Å²) in [6, 6.07) is 13.6. The molecule has 0 aliphatic carbocycles. The molecule has 33 heavy (non-hydrogen) atoms. The third kappa shape index (κ3) is 4.19. The number of hydrogen-bond acceptors (Lipinski definition) is 6. The maximum absolute atomic E-state index is 13.3. The van der Waals surface area contributed by atoms with Crippen LogP contribution in [-0.4, -0.2) is 23.4 Å². The molecule has 2 heterocycles. The minimum atomic E-state index is -3.87. The number of nitrogens with one attached hydrogen (secondary N) is 1. The molecule has 1 N–H and O–H groups in total. The highest BCUT2D eigenvalue weighted by atomic mass is 32.2. The van der Waals surface area contributed by atoms with Gasteiger partial charge in [0.05, 0.1) is 16.3 Å². The summed E-state index contributed by atoms with van der Waals surface area (Å²) in [6.07, 6.45) is 0. The molecule has 0 fully saturated rings. The smallest absolute Gasteiger partial charge is 0.271 e. The van der Waals surface area contributed by atoms with E-state index in [9.17, 15) is 13.2 Å². The van der Waals surface area contributed by atoms with Crippen molar-refractivity contribution >= 4 is 15.7 Å². The second-order valence-electron chi connectivity index (χ2n) is 7.99. The normalized spacial score (nSPS) is 11.5. The Morgan fingerprint density at radius 3 is 2.24 bits per heavy atom. The van der Waals surface area contributed by atoms with Gasteiger partial charge in [0.25, 0.3) is 15.6 Å². The lowest BCUT2D eigenvalue weighted by Gasteiger charge is -2.15. The van der Waals surface area contributed by atoms with Gasteiger partial charge >= 0.3 is 0 Å². The summed E-state index contributed by atoms with van der Waals surface area (Å²) < 4.78 is 35.7. The molecule has 170 valence electrons. The minimum Gasteiger partial charge on any atom is -0.359 e. The number of aryl methyl sites for hydroxylation is 5. The number of sulfonamides is 1. The molecule has 8 nitrogen and oxygen atoms in total. The Morgan fingerprint density at radius 1 is 0.909 bits per heavy atom. The highest BCUT2D eigenvalue weighted by molar-refractivity contribution is 7.92. The topological polar surface area (TPSA) is 107 Å². The van der Waals surface area contributed by atoms with E-state index >= 15 is 0 Å². The summed E-state index contributed by atoms with van der Waals surface area (Å²) >= 11 is 0. The number of para-hydroxylation sites is 1. The monoisotopic (exact) mass is 464 g/mol. The summed E-state index contributed by atoms with van der Waals surface area (Å²) in [4.78, 5) is 12.6. The molecular formula is C24H24N4O4S. The van der Waals surface area contributed by atoms with Crippen molar-refractivity contribution in [2.45, 2.75) is 39.5 Å². The molecule has 0 aliphatic heterocycles. The molecule has 0 spiro atoms. The lowest BCUT2D eigenvalue weighted by Crippen LogP contribution is -2.21. The number of nitrogens with zero attached hydrogens (tertiary/aromatic N) is 3. The fraction of sp³-hybridized carbons (Fsp3) is 0.208. The number of rotatable bonds is 5. The molecule has 2 aromatic heterocycles. The fourth-order valence-electron chi connectivity index (χ4n) is 3.72. The van der Waals surface area contributed by atoms with Gasteiger partial charge in [0.1, 0.15) is 11.4 Å². The number of aromatic nitrogens is 3. The molecule has 0 amide bonds. The van der Waals surface area contributed by atoms with Crippen molar-refractivity contribution in [3.63, 3.8) is 0 Å². The quantitative estimate of drug-likeness (QED) is 0.474. The zero-order valence-electron chi connectivity index (χ0n) is 19.0. The molecule has 2 aromatic carbocycles. The Morgan fingerprint density at radius 2 is 1.61 bits per heavy atom. The molecule has 0 atom stereocenters. The van der Waals surface area contributed by atoms with Gasteiger partial charge in [-0.15, -0.1) is 0 Å². The van der Waals surface area contributed by atoms with E-state index in [2.05, 4.69) is 15.0 Å². The van der Waals surface area contributed by atoms with E-state index in [4.69, 9.17) is 4.52 Å². The van der Waals surface area contributed by atoms with Crippen LogP contribution in [0.3, 0.4) is 0 Å². The lowest BCUT2D eigenvalue weighted by molar-refractivity contribution is 0.392. The number of anilines is 1. The van der Waals surface area contributed by atoms with E-state index in [1.54, 1.807) is 45.0 Å². The van der Waals surface area contributed by atoms with Crippen LogP contribution in [0, 0.1) is 34.6 Å². The molecular weight excluding hydrogens is 440 g/mol. The van der Waals surface area contributed by atoms with E-state index in [1.165, 1.54) is 10.7 Å². The third-order valence-electron chi connectivity index (χ3n) is 5.50. The van der Waals surface area contributed by atoms with Crippen LogP contribution in [0.4, 0.5) is 5.69 Å². The van der Waals surface area contributed by atoms with Crippen molar-refractivity contribution in [3.05, 3.63) is 87.0 Å². The Bertz CT molecular complexity index is 1490. The SMILES string of the molecule is Cc1ccc(-c2ccc(=O)n(-c3c(C)noc3C)n2)cc1S(=O)(=O)Nc1c(C)cccc1C. The maximum atomic E-state index is 13.3. The number of hydrogen-bond donors (Lipinski definition) is 1. The van der Waals surface area contributed by atoms with Gasteiger partial charge in [0, 0.05) is 11.6 Å². The average molecular weight is 465 g/mol. The molecule has 0 radical (unpaired) electrons. The molecule has 4 aromatic rings. The largest absolute Gasteiger partial charge is 0.359 e. The molecule has 0 bridgehead atoms. The van der Waals surface area contributed by atoms with Gasteiger partial charge in [-0.2, -0.15) is 9.78 Å². The summed E-state index contributed by atoms with van der Waals surface area (Å²) in [7, 11) is -3.87. The van der Waals surface area contributed by atoms with E-state index in [0.717, 1.165) is 11.1 Å². The van der Waals surface area contributed by atoms with Crippen LogP contribution in [0.2, 0.25) is 0 Å². The first-order chi connectivity index (χ1) is 15.6. The Balaban J connectivity index is 1.80. The van der Waals surface area contributed by atoms with Gasteiger partial charge in [-0.1, -0.05) is 35.5 Å². The molecule has 0 saturated heterocycles. The van der Waals surface area contributed by atoms with Crippen molar-refractivity contribution in [1.82, 2.24) is 14.9 Å². The predicted octanol–water partition coefficient (Wildman–Crippen LogP) is 4.23. The lowest BCUT2D eigenvalue weighted by atomic mass is 10.1. The Kier molecular flexibility index (Phi) is 5.67. The van der Waals surface area contributed by atoms with Crippen LogP contribution in [0.5, 0.6) is 0 Å². The predicted molar refractivity (Wildman–Crippen MR) is 126 cm³/mol. The summed E-state index contributed by atoms with van der Waals surface area (Å²) in [5.74, 6) is 0.462. The van der Waals surface area contributed by atoms with Crippen molar-refractivity contribution in [1.29, 1.82) is 0 Å². The summed E-state index contributed by atoms with van der Waals surface area (Å²) in [5, 5.41) is 8.35. The van der Waals surface area contributed by atoms with Gasteiger partial charge in [0.15, 0.2) is 5.76 Å². The molecule has 4 rings (SSSR count). The van der Waals surface area contributed by atoms with Gasteiger partial charge < -0.3 is 4.52 Å². The molecule has 9 heteroatoms. The average Bonchev–Trinajstić information content (AvgIpc) is 3.09. The zero-order valence-corrected chi connectivity index (χ0v) is 19.8. The standard InChI is InChI=1S/C24H24N4O4S/c1-14-9-10-19(13-21(14)33(30,31)27-23-15(2)7-6-8-16(23)3)20-11-12-22(29)28(25-20)24-17(4)26-32-18(24)5/h6-13,27H,1-5H3. The first kappa shape index (κ1) is 22.5. The van der Waals surface area contributed by atoms with Crippen molar-refractivity contribution in [2.24, 2.45) is 0 Å². The third-order valence-corrected chi connectivity index (χ3v) is 6.99. The number of benzene rings is 2. The maximum Gasteiger partial charge on any atom is 0.271 e. The van der Waals surface area contributed by atoms with Crippen molar-refractivity contribution in [2.75, 3.05) is 4.72 Å². The summed E-state index contributed by atoms with van der Waals surface area (Å²) in [6.45, 7) is 8.88. The van der Waals surface area contributed by atoms with Gasteiger partial charge in [-0.3, -0.25) is 9.52 Å². The van der Waals surface area contributed by atoms with Crippen LogP contribution in [0.25, 0.3) is 16.9 Å². The van der Waals surface area contributed by atoms with Crippen molar-refractivity contribution < 1.29 is 12.9 Å². The van der Waals surface area contributed by atoms with Gasteiger partial charge in [0.2, 0.25) is 0 Å². The van der Waals surface area contributed by atoms with E-state index in [0.29, 0.717) is 39.6 Å². The zero-order chi connectivity index (χ0) is 23.9. The Hall–Kier alpha value is -3.72. The van der Waals surface area contributed by atoms with Crippen LogP contribution >= 0.6 is 0 Å². The van der Waals surface area contributed by atoms with E-state index in [1.807, 2.05) is 32.0 Å². The highest BCUT2D eigenvalue weighted by Crippen LogP contribution is 2.28. The van der Waals surface area contributed by atoms with Crippen LogP contribution in [-0.2, 0) is 10.0 Å². The first-order valence-electron chi connectivity index (χ1n) is 10.3. The van der Waals surface area contributed by atoms with Crippen LogP contribution < -0.4 is 10.3 Å². The first-order valence-corrected chi connectivity index (χ1v) is 11.8. The second-order valence-corrected chi connectivity index (χ2v) is 9.64. The Labute approximate surface area is 191 Å². The minimum absolute atomic E-state index is 0.138. The highest BCUT2D eigenvalue weighted by Gasteiger charge is 2.21. The van der Waals surface area contributed by atoms with E-state index < -0.39 is 10.0 Å². The second kappa shape index (κ2) is 8.32. The molecule has 0 aliphatic rings. The molecule has 0 unspecified atom stereocenters. The fourth-order valence-corrected chi connectivity index (χ4v) is 5.19. The van der Waals surface area contributed by atoms with Crippen molar-refractivity contribution in [3.8, 4) is 16.9 Å². The molecule has 0 saturated carbocycles.